The summed E-state index contributed by atoms with van der Waals surface area (Å²) < 4.78 is 1.73. The third kappa shape index (κ3) is 3.27. The fourth-order valence-corrected chi connectivity index (χ4v) is 3.15. The highest BCUT2D eigenvalue weighted by Crippen LogP contribution is 2.25. The van der Waals surface area contributed by atoms with E-state index < -0.39 is 0 Å². The lowest BCUT2D eigenvalue weighted by molar-refractivity contribution is 0.102. The van der Waals surface area contributed by atoms with Crippen molar-refractivity contribution in [1.82, 2.24) is 14.8 Å². The van der Waals surface area contributed by atoms with Gasteiger partial charge in [0.25, 0.3) is 5.91 Å². The molecule has 0 fully saturated rings. The summed E-state index contributed by atoms with van der Waals surface area (Å²) in [7, 11) is 0. The van der Waals surface area contributed by atoms with Gasteiger partial charge in [-0.2, -0.15) is 5.10 Å². The van der Waals surface area contributed by atoms with Crippen LogP contribution in [0.25, 0.3) is 16.9 Å². The van der Waals surface area contributed by atoms with Crippen molar-refractivity contribution in [3.63, 3.8) is 0 Å². The fraction of sp³-hybridized carbons (Fsp3) is 0.0500. The lowest BCUT2D eigenvalue weighted by atomic mass is 10.1. The van der Waals surface area contributed by atoms with Gasteiger partial charge in [-0.25, -0.2) is 9.67 Å². The highest BCUT2D eigenvalue weighted by atomic mass is 32.1. The minimum Gasteiger partial charge on any atom is -0.298 e. The van der Waals surface area contributed by atoms with Crippen LogP contribution in [0.2, 0.25) is 0 Å². The number of amides is 1. The van der Waals surface area contributed by atoms with Crippen LogP contribution in [0.4, 0.5) is 5.13 Å². The van der Waals surface area contributed by atoms with Crippen molar-refractivity contribution in [3.8, 4) is 16.9 Å². The van der Waals surface area contributed by atoms with Crippen molar-refractivity contribution in [2.45, 2.75) is 6.92 Å². The second kappa shape index (κ2) is 6.93. The van der Waals surface area contributed by atoms with E-state index in [-0.39, 0.29) is 5.91 Å². The van der Waals surface area contributed by atoms with Crippen molar-refractivity contribution in [2.24, 2.45) is 0 Å². The van der Waals surface area contributed by atoms with Gasteiger partial charge in [0.15, 0.2) is 5.13 Å². The maximum absolute atomic E-state index is 12.8. The molecular weight excluding hydrogens is 344 g/mol. The number of aryl methyl sites for hydroxylation is 1. The number of thiazole rings is 1. The molecule has 0 bridgehead atoms. The van der Waals surface area contributed by atoms with E-state index in [2.05, 4.69) is 15.4 Å². The zero-order chi connectivity index (χ0) is 17.9. The van der Waals surface area contributed by atoms with Crippen LogP contribution in [0.3, 0.4) is 0 Å². The third-order valence-electron chi connectivity index (χ3n) is 3.96. The lowest BCUT2D eigenvalue weighted by Crippen LogP contribution is -2.12. The Kier molecular flexibility index (Phi) is 4.33. The number of carbonyl (C=O) groups is 1. The molecule has 1 amide bonds. The van der Waals surface area contributed by atoms with Crippen LogP contribution < -0.4 is 5.32 Å². The monoisotopic (exact) mass is 360 g/mol. The number of hydrogen-bond acceptors (Lipinski definition) is 4. The maximum Gasteiger partial charge on any atom is 0.261 e. The molecule has 6 heteroatoms. The van der Waals surface area contributed by atoms with Gasteiger partial charge < -0.3 is 0 Å². The average molecular weight is 360 g/mol. The maximum atomic E-state index is 12.8. The molecule has 0 saturated heterocycles. The molecule has 0 aliphatic heterocycles. The van der Waals surface area contributed by atoms with Crippen molar-refractivity contribution < 1.29 is 4.79 Å². The van der Waals surface area contributed by atoms with E-state index >= 15 is 0 Å². The summed E-state index contributed by atoms with van der Waals surface area (Å²) in [5, 5.41) is 9.90. The Balaban J connectivity index is 1.77. The minimum absolute atomic E-state index is 0.225. The zero-order valence-corrected chi connectivity index (χ0v) is 14.9. The first-order valence-electron chi connectivity index (χ1n) is 8.14. The molecule has 1 N–H and O–H groups in total. The Bertz CT molecular complexity index is 1020. The van der Waals surface area contributed by atoms with Crippen LogP contribution in [0.1, 0.15) is 15.9 Å². The number of anilines is 1. The average Bonchev–Trinajstić information content (AvgIpc) is 3.33. The van der Waals surface area contributed by atoms with Crippen molar-refractivity contribution >= 4 is 22.4 Å². The predicted molar refractivity (Wildman–Crippen MR) is 104 cm³/mol. The molecule has 2 aromatic carbocycles. The number of aromatic nitrogens is 3. The second-order valence-corrected chi connectivity index (χ2v) is 6.72. The molecule has 4 rings (SSSR count). The Morgan fingerprint density at radius 3 is 2.54 bits per heavy atom. The van der Waals surface area contributed by atoms with E-state index in [0.29, 0.717) is 16.4 Å². The van der Waals surface area contributed by atoms with Crippen LogP contribution >= 0.6 is 11.3 Å². The molecule has 2 aromatic heterocycles. The fourth-order valence-electron chi connectivity index (χ4n) is 2.63. The number of rotatable bonds is 4. The quantitative estimate of drug-likeness (QED) is 0.580. The summed E-state index contributed by atoms with van der Waals surface area (Å²) in [4.78, 5) is 16.9. The van der Waals surface area contributed by atoms with E-state index in [1.807, 2.05) is 66.9 Å². The molecule has 4 aromatic rings. The number of nitrogens with one attached hydrogen (secondary N) is 1. The smallest absolute Gasteiger partial charge is 0.261 e. The molecule has 0 spiro atoms. The van der Waals surface area contributed by atoms with E-state index in [1.165, 1.54) is 16.9 Å². The van der Waals surface area contributed by atoms with Crippen molar-refractivity contribution in [3.05, 3.63) is 83.5 Å². The molecule has 0 saturated carbocycles. The normalized spacial score (nSPS) is 10.7. The van der Waals surface area contributed by atoms with Gasteiger partial charge in [0.1, 0.15) is 5.69 Å². The molecule has 2 heterocycles. The largest absolute Gasteiger partial charge is 0.298 e. The molecule has 0 aliphatic carbocycles. The van der Waals surface area contributed by atoms with E-state index in [9.17, 15) is 4.79 Å². The van der Waals surface area contributed by atoms with Crippen LogP contribution in [-0.4, -0.2) is 20.7 Å². The highest BCUT2D eigenvalue weighted by molar-refractivity contribution is 7.13. The van der Waals surface area contributed by atoms with E-state index in [4.69, 9.17) is 0 Å². The van der Waals surface area contributed by atoms with Gasteiger partial charge in [0.05, 0.1) is 11.3 Å². The van der Waals surface area contributed by atoms with Gasteiger partial charge in [-0.15, -0.1) is 11.3 Å². The zero-order valence-electron chi connectivity index (χ0n) is 14.1. The van der Waals surface area contributed by atoms with Gasteiger partial charge in [-0.1, -0.05) is 48.0 Å². The highest BCUT2D eigenvalue weighted by Gasteiger charge is 2.19. The van der Waals surface area contributed by atoms with Crippen LogP contribution in [0.5, 0.6) is 0 Å². The van der Waals surface area contributed by atoms with Crippen LogP contribution in [0, 0.1) is 6.92 Å². The predicted octanol–water partition coefficient (Wildman–Crippen LogP) is 4.56. The van der Waals surface area contributed by atoms with E-state index in [1.54, 1.807) is 17.1 Å². The molecule has 128 valence electrons. The Morgan fingerprint density at radius 1 is 1.08 bits per heavy atom. The molecule has 0 radical (unpaired) electrons. The summed E-state index contributed by atoms with van der Waals surface area (Å²) in [6.07, 6.45) is 3.42. The molecule has 0 atom stereocenters. The summed E-state index contributed by atoms with van der Waals surface area (Å²) in [6.45, 7) is 2.04. The second-order valence-electron chi connectivity index (χ2n) is 5.83. The minimum atomic E-state index is -0.225. The summed E-state index contributed by atoms with van der Waals surface area (Å²) in [5.74, 6) is -0.225. The molecule has 5 nitrogen and oxygen atoms in total. The van der Waals surface area contributed by atoms with Gasteiger partial charge in [0, 0.05) is 23.3 Å². The standard InChI is InChI=1S/C20H16N4OS/c1-14-7-9-16(10-8-14)24-13-17(19(25)22-20-21-11-12-26-20)18(23-24)15-5-3-2-4-6-15/h2-13H,1H3,(H,21,22,25). The van der Waals surface area contributed by atoms with Gasteiger partial charge >= 0.3 is 0 Å². The Labute approximate surface area is 155 Å². The Hall–Kier alpha value is -3.25. The molecule has 0 aliphatic rings. The topological polar surface area (TPSA) is 59.8 Å². The molecular formula is C20H16N4OS. The molecule has 0 unspecified atom stereocenters. The summed E-state index contributed by atoms with van der Waals surface area (Å²) in [6, 6.07) is 17.7. The first-order chi connectivity index (χ1) is 12.7. The van der Waals surface area contributed by atoms with E-state index in [0.717, 1.165) is 11.3 Å². The number of hydrogen-bond donors (Lipinski definition) is 1. The van der Waals surface area contributed by atoms with Gasteiger partial charge in [0.2, 0.25) is 0 Å². The number of nitrogens with zero attached hydrogens (tertiary/aromatic N) is 3. The SMILES string of the molecule is Cc1ccc(-n2cc(C(=O)Nc3nccs3)c(-c3ccccc3)n2)cc1. The third-order valence-corrected chi connectivity index (χ3v) is 4.65. The first-order valence-corrected chi connectivity index (χ1v) is 9.01. The molecule has 26 heavy (non-hydrogen) atoms. The van der Waals surface area contributed by atoms with Crippen molar-refractivity contribution in [2.75, 3.05) is 5.32 Å². The Morgan fingerprint density at radius 2 is 1.85 bits per heavy atom. The van der Waals surface area contributed by atoms with Crippen molar-refractivity contribution in [1.29, 1.82) is 0 Å². The number of carbonyl (C=O) groups excluding carboxylic acids is 1. The number of benzene rings is 2. The summed E-state index contributed by atoms with van der Waals surface area (Å²) >= 11 is 1.38. The van der Waals surface area contributed by atoms with Crippen LogP contribution in [-0.2, 0) is 0 Å². The van der Waals surface area contributed by atoms with Gasteiger partial charge in [-0.3, -0.25) is 10.1 Å². The lowest BCUT2D eigenvalue weighted by Gasteiger charge is -2.02. The first kappa shape index (κ1) is 16.2. The summed E-state index contributed by atoms with van der Waals surface area (Å²) in [5.41, 5.74) is 4.11. The van der Waals surface area contributed by atoms with Crippen LogP contribution in [0.15, 0.2) is 72.4 Å². The van der Waals surface area contributed by atoms with Gasteiger partial charge in [-0.05, 0) is 19.1 Å².